The highest BCUT2D eigenvalue weighted by molar-refractivity contribution is 5.76. The van der Waals surface area contributed by atoms with Gasteiger partial charge < -0.3 is 65.1 Å². The molecule has 12 unspecified atom stereocenters. The molecule has 0 spiro atoms. The number of ether oxygens (including phenoxy) is 4. The van der Waals surface area contributed by atoms with E-state index < -0.39 is 86.8 Å². The fourth-order valence-corrected chi connectivity index (χ4v) is 10.1. The summed E-state index contributed by atoms with van der Waals surface area (Å²) < 4.78 is 22.8. The van der Waals surface area contributed by atoms with Crippen molar-refractivity contribution in [3.8, 4) is 0 Å². The van der Waals surface area contributed by atoms with Crippen LogP contribution < -0.4 is 5.32 Å². The van der Waals surface area contributed by atoms with Crippen molar-refractivity contribution in [1.82, 2.24) is 5.32 Å². The van der Waals surface area contributed by atoms with Gasteiger partial charge in [-0.1, -0.05) is 250 Å². The fourth-order valence-electron chi connectivity index (χ4n) is 10.1. The summed E-state index contributed by atoms with van der Waals surface area (Å²) in [5, 5.41) is 87.3. The van der Waals surface area contributed by atoms with Gasteiger partial charge in [0.15, 0.2) is 12.6 Å². The molecule has 14 heteroatoms. The number of hydrogen-bond acceptors (Lipinski definition) is 13. The number of carbonyl (C=O) groups is 1. The van der Waals surface area contributed by atoms with Crippen molar-refractivity contribution in [2.45, 2.75) is 293 Å². The lowest BCUT2D eigenvalue weighted by Gasteiger charge is -2.46. The van der Waals surface area contributed by atoms with Crippen LogP contribution in [0.1, 0.15) is 219 Å². The molecule has 2 heterocycles. The molecule has 2 saturated heterocycles. The predicted octanol–water partition coefficient (Wildman–Crippen LogP) is 13.7. The average Bonchev–Trinajstić information content (AvgIpc) is 2.07. The van der Waals surface area contributed by atoms with Gasteiger partial charge in [-0.25, -0.2) is 0 Å². The van der Waals surface area contributed by atoms with Crippen LogP contribution in [0.2, 0.25) is 0 Å². The maximum atomic E-state index is 13.3. The molecule has 1 amide bonds. The maximum absolute atomic E-state index is 13.3. The summed E-state index contributed by atoms with van der Waals surface area (Å²) in [4.78, 5) is 13.3. The quantitative estimate of drug-likeness (QED) is 0.0204. The van der Waals surface area contributed by atoms with Gasteiger partial charge in [-0.3, -0.25) is 4.79 Å². The summed E-state index contributed by atoms with van der Waals surface area (Å²) in [5.74, 6) is -0.297. The van der Waals surface area contributed by atoms with Gasteiger partial charge in [0, 0.05) is 6.42 Å². The Morgan fingerprint density at radius 3 is 1.25 bits per heavy atom. The number of aliphatic hydroxyl groups is 8. The lowest BCUT2D eigenvalue weighted by molar-refractivity contribution is -0.359. The molecule has 12 atom stereocenters. The topological polar surface area (TPSA) is 228 Å². The monoisotopic (exact) mass is 1230 g/mol. The number of aliphatic hydroxyl groups excluding tert-OH is 8. The molecule has 14 nitrogen and oxygen atoms in total. The average molecular weight is 1230 g/mol. The number of amides is 1. The van der Waals surface area contributed by atoms with Crippen LogP contribution in [0.15, 0.2) is 146 Å². The second-order valence-corrected chi connectivity index (χ2v) is 23.2. The van der Waals surface area contributed by atoms with E-state index in [-0.39, 0.29) is 18.9 Å². The molecular formula is C74H121NO13. The molecule has 0 aromatic carbocycles. The molecule has 0 aromatic rings. The lowest BCUT2D eigenvalue weighted by Crippen LogP contribution is -2.65. The zero-order chi connectivity index (χ0) is 63.8. The normalized spacial score (nSPS) is 24.1. The van der Waals surface area contributed by atoms with E-state index in [1.54, 1.807) is 6.08 Å². The van der Waals surface area contributed by atoms with Crippen LogP contribution in [-0.4, -0.2) is 140 Å². The lowest BCUT2D eigenvalue weighted by atomic mass is 9.97. The van der Waals surface area contributed by atoms with E-state index in [9.17, 15) is 45.6 Å². The van der Waals surface area contributed by atoms with Crippen LogP contribution in [0, 0.1) is 0 Å². The molecule has 2 aliphatic heterocycles. The molecule has 2 rings (SSSR count). The summed E-state index contributed by atoms with van der Waals surface area (Å²) >= 11 is 0. The molecule has 2 aliphatic rings. The van der Waals surface area contributed by atoms with Crippen molar-refractivity contribution in [2.75, 3.05) is 19.8 Å². The van der Waals surface area contributed by atoms with Crippen LogP contribution in [0.3, 0.4) is 0 Å². The van der Waals surface area contributed by atoms with Crippen LogP contribution in [0.4, 0.5) is 0 Å². The van der Waals surface area contributed by atoms with Crippen LogP contribution in [0.25, 0.3) is 0 Å². The molecule has 500 valence electrons. The Hall–Kier alpha value is -4.13. The molecule has 88 heavy (non-hydrogen) atoms. The molecule has 0 aromatic heterocycles. The fraction of sp³-hybridized carbons (Fsp3) is 0.662. The Morgan fingerprint density at radius 1 is 0.420 bits per heavy atom. The predicted molar refractivity (Wildman–Crippen MR) is 359 cm³/mol. The van der Waals surface area contributed by atoms with E-state index in [2.05, 4.69) is 153 Å². The van der Waals surface area contributed by atoms with E-state index in [0.29, 0.717) is 12.8 Å². The third-order valence-corrected chi connectivity index (χ3v) is 15.5. The summed E-state index contributed by atoms with van der Waals surface area (Å²) in [6.45, 7) is 2.63. The highest BCUT2D eigenvalue weighted by Gasteiger charge is 2.51. The number of carbonyl (C=O) groups excluding carboxylic acids is 1. The van der Waals surface area contributed by atoms with Crippen LogP contribution in [0.5, 0.6) is 0 Å². The molecular weight excluding hydrogens is 1110 g/mol. The summed E-state index contributed by atoms with van der Waals surface area (Å²) in [5.41, 5.74) is 0. The molecule has 2 fully saturated rings. The number of nitrogens with one attached hydrogen (secondary N) is 1. The van der Waals surface area contributed by atoms with Crippen molar-refractivity contribution in [2.24, 2.45) is 0 Å². The summed E-state index contributed by atoms with van der Waals surface area (Å²) in [7, 11) is 0. The minimum absolute atomic E-state index is 0.208. The van der Waals surface area contributed by atoms with E-state index in [1.807, 2.05) is 6.08 Å². The van der Waals surface area contributed by atoms with Crippen molar-refractivity contribution in [3.63, 3.8) is 0 Å². The van der Waals surface area contributed by atoms with Gasteiger partial charge in [-0.2, -0.15) is 0 Å². The zero-order valence-electron chi connectivity index (χ0n) is 54.2. The molecule has 0 aliphatic carbocycles. The number of rotatable bonds is 53. The van der Waals surface area contributed by atoms with Gasteiger partial charge >= 0.3 is 0 Å². The van der Waals surface area contributed by atoms with E-state index >= 15 is 0 Å². The Bertz CT molecular complexity index is 2040. The van der Waals surface area contributed by atoms with Crippen LogP contribution >= 0.6 is 0 Å². The Kier molecular flexibility index (Phi) is 51.6. The third kappa shape index (κ3) is 40.6. The van der Waals surface area contributed by atoms with Gasteiger partial charge in [-0.05, 0) is 109 Å². The number of unbranched alkanes of at least 4 members (excludes halogenated alkanes) is 18. The van der Waals surface area contributed by atoms with Gasteiger partial charge in [-0.15, -0.1) is 0 Å². The maximum Gasteiger partial charge on any atom is 0.220 e. The van der Waals surface area contributed by atoms with E-state index in [4.69, 9.17) is 18.9 Å². The van der Waals surface area contributed by atoms with Gasteiger partial charge in [0.2, 0.25) is 5.91 Å². The first-order valence-electron chi connectivity index (χ1n) is 34.1. The SMILES string of the molecule is CC/C=C\C/C=C\C/C=C\C/C=C\C/C=C\C/C=C\C/C=C\C/C=C\C/C=C\C/C=C\CCCCC(=O)NC(COC1OC(CO)C(OC2OC(CO)C(O)C(O)C2O)C(O)C1O)C(O)/C=C/CC/C=C/CCCCCCCCCCCCCCCCC. The second kappa shape index (κ2) is 56.8. The molecule has 0 radical (unpaired) electrons. The number of allylic oxidation sites excluding steroid dienone is 23. The van der Waals surface area contributed by atoms with Crippen LogP contribution in [-0.2, 0) is 23.7 Å². The van der Waals surface area contributed by atoms with E-state index in [0.717, 1.165) is 89.9 Å². The number of hydrogen-bond donors (Lipinski definition) is 9. The first kappa shape index (κ1) is 80.0. The largest absolute Gasteiger partial charge is 0.394 e. The minimum atomic E-state index is -1.80. The third-order valence-electron chi connectivity index (χ3n) is 15.5. The Labute approximate surface area is 532 Å². The zero-order valence-corrected chi connectivity index (χ0v) is 54.2. The minimum Gasteiger partial charge on any atom is -0.394 e. The van der Waals surface area contributed by atoms with Crippen molar-refractivity contribution < 1.29 is 64.6 Å². The Morgan fingerprint density at radius 2 is 0.795 bits per heavy atom. The Balaban J connectivity index is 1.75. The van der Waals surface area contributed by atoms with Crippen molar-refractivity contribution in [1.29, 1.82) is 0 Å². The standard InChI is InChI=1S/C74H121NO13/c1-3-5-7-9-11-13-15-17-19-21-23-25-26-27-28-29-30-31-32-33-34-35-36-38-40-42-44-46-48-50-52-54-56-58-66(79)75-62(63(78)57-55-53-51-49-47-45-43-41-39-37-24-22-20-18-16-14-12-10-8-6-4-2)61-85-73-71(84)69(82)72(65(60-77)87-73)88-74-70(83)68(81)67(80)64(59-76)86-74/h5,7,11,13,17,19,23,25,27-28,30-31,33-34,36,38,42,44,47-50,55,57,62-65,67-74,76-78,80-84H,3-4,6,8-10,12,14-16,18,20-22,24,26,29,32,35,37,39-41,43,45-46,51-54,56,58-61H2,1-2H3,(H,75,79)/b7-5-,13-11-,19-17-,25-23-,28-27-,31-30-,34-33-,38-36-,44-42-,49-47+,50-48-,57-55+. The van der Waals surface area contributed by atoms with Crippen molar-refractivity contribution in [3.05, 3.63) is 146 Å². The molecule has 9 N–H and O–H groups in total. The summed E-state index contributed by atoms with van der Waals surface area (Å²) in [6, 6.07) is -0.968. The van der Waals surface area contributed by atoms with Gasteiger partial charge in [0.05, 0.1) is 32.0 Å². The van der Waals surface area contributed by atoms with E-state index in [1.165, 1.54) is 96.3 Å². The summed E-state index contributed by atoms with van der Waals surface area (Å²) in [6.07, 6.45) is 68.9. The highest BCUT2D eigenvalue weighted by atomic mass is 16.7. The van der Waals surface area contributed by atoms with Gasteiger partial charge in [0.25, 0.3) is 0 Å². The second-order valence-electron chi connectivity index (χ2n) is 23.2. The van der Waals surface area contributed by atoms with Gasteiger partial charge in [0.1, 0.15) is 48.8 Å². The smallest absolute Gasteiger partial charge is 0.220 e. The first-order chi connectivity index (χ1) is 43.1. The first-order valence-corrected chi connectivity index (χ1v) is 34.1. The molecule has 0 saturated carbocycles. The van der Waals surface area contributed by atoms with Crippen molar-refractivity contribution >= 4 is 5.91 Å². The highest BCUT2D eigenvalue weighted by Crippen LogP contribution is 2.30. The molecule has 0 bridgehead atoms.